The van der Waals surface area contributed by atoms with Crippen molar-refractivity contribution >= 4 is 5.82 Å². The minimum absolute atomic E-state index is 0.0601. The highest BCUT2D eigenvalue weighted by molar-refractivity contribution is 5.36. The van der Waals surface area contributed by atoms with Gasteiger partial charge in [-0.3, -0.25) is 0 Å². The SMILES string of the molecule is CC(C)C(N)CCN(C)c1ccc(C(F)(F)F)nn1. The molecule has 0 aliphatic heterocycles. The predicted octanol–water partition coefficient (Wildman–Crippen LogP) is 2.30. The summed E-state index contributed by atoms with van der Waals surface area (Å²) in [7, 11) is 1.75. The zero-order valence-corrected chi connectivity index (χ0v) is 11.3. The van der Waals surface area contributed by atoms with Crippen molar-refractivity contribution < 1.29 is 13.2 Å². The fourth-order valence-corrected chi connectivity index (χ4v) is 1.47. The van der Waals surface area contributed by atoms with Gasteiger partial charge in [-0.15, -0.1) is 10.2 Å². The van der Waals surface area contributed by atoms with Gasteiger partial charge in [0.15, 0.2) is 11.5 Å². The van der Waals surface area contributed by atoms with Gasteiger partial charge in [0.05, 0.1) is 0 Å². The number of nitrogens with two attached hydrogens (primary N) is 1. The van der Waals surface area contributed by atoms with E-state index in [9.17, 15) is 13.2 Å². The first-order valence-corrected chi connectivity index (χ1v) is 6.09. The van der Waals surface area contributed by atoms with Crippen molar-refractivity contribution in [1.82, 2.24) is 10.2 Å². The average molecular weight is 276 g/mol. The van der Waals surface area contributed by atoms with Crippen LogP contribution in [0.4, 0.5) is 19.0 Å². The van der Waals surface area contributed by atoms with Gasteiger partial charge in [-0.1, -0.05) is 13.8 Å². The molecule has 2 N–H and O–H groups in total. The average Bonchev–Trinajstić information content (AvgIpc) is 2.34. The maximum absolute atomic E-state index is 12.3. The monoisotopic (exact) mass is 276 g/mol. The summed E-state index contributed by atoms with van der Waals surface area (Å²) in [6.45, 7) is 4.69. The first-order chi connectivity index (χ1) is 8.71. The Kier molecular flexibility index (Phi) is 5.11. The lowest BCUT2D eigenvalue weighted by atomic mass is 10.0. The molecular weight excluding hydrogens is 257 g/mol. The van der Waals surface area contributed by atoms with E-state index >= 15 is 0 Å². The van der Waals surface area contributed by atoms with Gasteiger partial charge in [0.1, 0.15) is 0 Å². The third-order valence-electron chi connectivity index (χ3n) is 2.99. The smallest absolute Gasteiger partial charge is 0.358 e. The number of hydrogen-bond donors (Lipinski definition) is 1. The van der Waals surface area contributed by atoms with Crippen molar-refractivity contribution in [2.24, 2.45) is 11.7 Å². The van der Waals surface area contributed by atoms with Crippen LogP contribution in [0.2, 0.25) is 0 Å². The second-order valence-corrected chi connectivity index (χ2v) is 4.89. The third kappa shape index (κ3) is 4.66. The highest BCUT2D eigenvalue weighted by atomic mass is 19.4. The standard InChI is InChI=1S/C12H19F3N4/c1-8(2)9(16)6-7-19(3)11-5-4-10(17-18-11)12(13,14)15/h4-5,8-9H,6-7,16H2,1-3H3. The van der Waals surface area contributed by atoms with Crippen molar-refractivity contribution in [3.63, 3.8) is 0 Å². The molecule has 108 valence electrons. The number of aromatic nitrogens is 2. The molecule has 1 heterocycles. The summed E-state index contributed by atoms with van der Waals surface area (Å²) in [5.74, 6) is 0.774. The first-order valence-electron chi connectivity index (χ1n) is 6.09. The molecular formula is C12H19F3N4. The third-order valence-corrected chi connectivity index (χ3v) is 2.99. The molecule has 1 rings (SSSR count). The Morgan fingerprint density at radius 1 is 1.26 bits per heavy atom. The molecule has 19 heavy (non-hydrogen) atoms. The lowest BCUT2D eigenvalue weighted by molar-refractivity contribution is -0.141. The van der Waals surface area contributed by atoms with Gasteiger partial charge < -0.3 is 10.6 Å². The lowest BCUT2D eigenvalue weighted by Crippen LogP contribution is -2.32. The molecule has 1 aromatic rings. The molecule has 0 aromatic carbocycles. The van der Waals surface area contributed by atoms with E-state index in [-0.39, 0.29) is 6.04 Å². The van der Waals surface area contributed by atoms with E-state index in [4.69, 9.17) is 5.73 Å². The number of rotatable bonds is 5. The Bertz CT molecular complexity index is 389. The van der Waals surface area contributed by atoms with Crippen LogP contribution in [-0.2, 0) is 6.18 Å². The predicted molar refractivity (Wildman–Crippen MR) is 67.7 cm³/mol. The van der Waals surface area contributed by atoms with Crippen LogP contribution in [0.15, 0.2) is 12.1 Å². The number of hydrogen-bond acceptors (Lipinski definition) is 4. The first kappa shape index (κ1) is 15.7. The largest absolute Gasteiger partial charge is 0.435 e. The van der Waals surface area contributed by atoms with Gasteiger partial charge in [0, 0.05) is 19.6 Å². The van der Waals surface area contributed by atoms with Crippen LogP contribution in [-0.4, -0.2) is 29.8 Å². The molecule has 0 fully saturated rings. The Morgan fingerprint density at radius 3 is 2.32 bits per heavy atom. The number of alkyl halides is 3. The van der Waals surface area contributed by atoms with E-state index in [2.05, 4.69) is 10.2 Å². The molecule has 7 heteroatoms. The molecule has 0 aliphatic carbocycles. The Hall–Kier alpha value is -1.37. The van der Waals surface area contributed by atoms with Crippen molar-refractivity contribution in [1.29, 1.82) is 0 Å². The van der Waals surface area contributed by atoms with Crippen LogP contribution in [0, 0.1) is 5.92 Å². The summed E-state index contributed by atoms with van der Waals surface area (Å²) in [5.41, 5.74) is 4.93. The highest BCUT2D eigenvalue weighted by Gasteiger charge is 2.32. The topological polar surface area (TPSA) is 55.0 Å². The van der Waals surface area contributed by atoms with Crippen molar-refractivity contribution in [2.75, 3.05) is 18.5 Å². The minimum Gasteiger partial charge on any atom is -0.358 e. The summed E-state index contributed by atoms with van der Waals surface area (Å²) in [6, 6.07) is 2.31. The Balaban J connectivity index is 2.61. The van der Waals surface area contributed by atoms with Crippen molar-refractivity contribution in [3.05, 3.63) is 17.8 Å². The fraction of sp³-hybridized carbons (Fsp3) is 0.667. The number of anilines is 1. The maximum Gasteiger partial charge on any atom is 0.435 e. The van der Waals surface area contributed by atoms with Gasteiger partial charge in [0.25, 0.3) is 0 Å². The van der Waals surface area contributed by atoms with Gasteiger partial charge in [-0.2, -0.15) is 13.2 Å². The summed E-state index contributed by atoms with van der Waals surface area (Å²) in [4.78, 5) is 1.75. The zero-order valence-electron chi connectivity index (χ0n) is 11.3. The zero-order chi connectivity index (χ0) is 14.6. The van der Waals surface area contributed by atoms with Crippen LogP contribution in [0.25, 0.3) is 0 Å². The Labute approximate surface area is 110 Å². The molecule has 1 atom stereocenters. The van der Waals surface area contributed by atoms with Gasteiger partial charge in [-0.25, -0.2) is 0 Å². The van der Waals surface area contributed by atoms with Gasteiger partial charge in [-0.05, 0) is 24.5 Å². The Morgan fingerprint density at radius 2 is 1.89 bits per heavy atom. The molecule has 4 nitrogen and oxygen atoms in total. The van der Waals surface area contributed by atoms with Gasteiger partial charge >= 0.3 is 6.18 Å². The van der Waals surface area contributed by atoms with E-state index in [0.29, 0.717) is 18.3 Å². The van der Waals surface area contributed by atoms with E-state index < -0.39 is 11.9 Å². The van der Waals surface area contributed by atoms with Crippen molar-refractivity contribution in [2.45, 2.75) is 32.5 Å². The maximum atomic E-state index is 12.3. The van der Waals surface area contributed by atoms with Crippen LogP contribution in [0.3, 0.4) is 0 Å². The summed E-state index contributed by atoms with van der Waals surface area (Å²) >= 11 is 0. The normalized spacial score (nSPS) is 13.7. The van der Waals surface area contributed by atoms with E-state index in [1.807, 2.05) is 13.8 Å². The molecule has 1 aromatic heterocycles. The molecule has 0 aliphatic rings. The number of nitrogens with zero attached hydrogens (tertiary/aromatic N) is 3. The molecule has 0 saturated heterocycles. The second kappa shape index (κ2) is 6.18. The molecule has 0 spiro atoms. The van der Waals surface area contributed by atoms with Crippen LogP contribution in [0.5, 0.6) is 0 Å². The molecule has 0 saturated carbocycles. The highest BCUT2D eigenvalue weighted by Crippen LogP contribution is 2.27. The van der Waals surface area contributed by atoms with E-state index in [0.717, 1.165) is 12.5 Å². The van der Waals surface area contributed by atoms with Crippen LogP contribution in [0.1, 0.15) is 26.0 Å². The summed E-state index contributed by atoms with van der Waals surface area (Å²) in [6.07, 6.45) is -3.71. The van der Waals surface area contributed by atoms with Crippen LogP contribution < -0.4 is 10.6 Å². The molecule has 1 unspecified atom stereocenters. The van der Waals surface area contributed by atoms with E-state index in [1.54, 1.807) is 11.9 Å². The molecule has 0 bridgehead atoms. The van der Waals surface area contributed by atoms with Crippen molar-refractivity contribution in [3.8, 4) is 0 Å². The van der Waals surface area contributed by atoms with Gasteiger partial charge in [0.2, 0.25) is 0 Å². The number of halogens is 3. The minimum atomic E-state index is -4.45. The second-order valence-electron chi connectivity index (χ2n) is 4.89. The quantitative estimate of drug-likeness (QED) is 0.896. The van der Waals surface area contributed by atoms with E-state index in [1.165, 1.54) is 6.07 Å². The fourth-order valence-electron chi connectivity index (χ4n) is 1.47. The van der Waals surface area contributed by atoms with Crippen LogP contribution >= 0.6 is 0 Å². The molecule has 0 amide bonds. The lowest BCUT2D eigenvalue weighted by Gasteiger charge is -2.22. The summed E-state index contributed by atoms with van der Waals surface area (Å²) in [5, 5.41) is 6.77. The summed E-state index contributed by atoms with van der Waals surface area (Å²) < 4.78 is 37.0. The molecule has 0 radical (unpaired) electrons.